The van der Waals surface area contributed by atoms with Crippen LogP contribution in [0.25, 0.3) is 0 Å². The van der Waals surface area contributed by atoms with Crippen LogP contribution in [-0.2, 0) is 19.6 Å². The fraction of sp³-hybridized carbons (Fsp3) is 0.588. The first-order chi connectivity index (χ1) is 12.2. The van der Waals surface area contributed by atoms with Gasteiger partial charge in [0.2, 0.25) is 15.9 Å². The van der Waals surface area contributed by atoms with E-state index >= 15 is 0 Å². The van der Waals surface area contributed by atoms with Gasteiger partial charge >= 0.3 is 0 Å². The predicted molar refractivity (Wildman–Crippen MR) is 89.8 cm³/mol. The van der Waals surface area contributed by atoms with E-state index in [-0.39, 0.29) is 35.2 Å². The summed E-state index contributed by atoms with van der Waals surface area (Å²) in [6, 6.07) is 2.59. The summed E-state index contributed by atoms with van der Waals surface area (Å²) in [5, 5.41) is 0. The van der Waals surface area contributed by atoms with Gasteiger partial charge in [-0.3, -0.25) is 4.79 Å². The molecule has 26 heavy (non-hydrogen) atoms. The second kappa shape index (κ2) is 6.86. The number of halogens is 2. The zero-order valence-electron chi connectivity index (χ0n) is 14.7. The van der Waals surface area contributed by atoms with E-state index < -0.39 is 21.7 Å². The van der Waals surface area contributed by atoms with Crippen molar-refractivity contribution in [3.8, 4) is 0 Å². The van der Waals surface area contributed by atoms with E-state index in [1.165, 1.54) is 11.2 Å². The second-order valence-electron chi connectivity index (χ2n) is 7.08. The Kier molecular flexibility index (Phi) is 5.06. The van der Waals surface area contributed by atoms with Crippen molar-refractivity contribution in [2.45, 2.75) is 18.2 Å². The van der Waals surface area contributed by atoms with E-state index in [4.69, 9.17) is 4.74 Å². The van der Waals surface area contributed by atoms with E-state index in [1.807, 2.05) is 0 Å². The number of hydrogen-bond donors (Lipinski definition) is 0. The molecule has 144 valence electrons. The van der Waals surface area contributed by atoms with Gasteiger partial charge in [0.25, 0.3) is 0 Å². The summed E-state index contributed by atoms with van der Waals surface area (Å²) in [5.41, 5.74) is -0.277. The Morgan fingerprint density at radius 2 is 2.04 bits per heavy atom. The van der Waals surface area contributed by atoms with Crippen LogP contribution in [0.1, 0.15) is 13.3 Å². The maximum atomic E-state index is 13.5. The number of piperidine rings is 1. The molecule has 2 aliphatic heterocycles. The molecule has 1 aromatic carbocycles. The summed E-state index contributed by atoms with van der Waals surface area (Å²) in [6.07, 6.45) is 0.540. The molecule has 3 rings (SSSR count). The van der Waals surface area contributed by atoms with Crippen LogP contribution in [0, 0.1) is 23.0 Å². The maximum absolute atomic E-state index is 13.5. The Morgan fingerprint density at radius 3 is 2.65 bits per heavy atom. The highest BCUT2D eigenvalue weighted by Crippen LogP contribution is 2.44. The first-order valence-electron chi connectivity index (χ1n) is 8.39. The normalized spacial score (nSPS) is 26.8. The molecular weight excluding hydrogens is 366 g/mol. The average Bonchev–Trinajstić information content (AvgIpc) is 2.96. The van der Waals surface area contributed by atoms with Gasteiger partial charge < -0.3 is 9.64 Å². The largest absolute Gasteiger partial charge is 0.384 e. The number of likely N-dealkylation sites (tertiary alicyclic amines) is 1. The van der Waals surface area contributed by atoms with Gasteiger partial charge in [-0.05, 0) is 30.5 Å². The van der Waals surface area contributed by atoms with Crippen LogP contribution >= 0.6 is 0 Å². The molecule has 2 aliphatic rings. The van der Waals surface area contributed by atoms with E-state index in [9.17, 15) is 22.0 Å². The molecule has 1 aromatic rings. The molecule has 9 heteroatoms. The predicted octanol–water partition coefficient (Wildman–Crippen LogP) is 1.47. The number of sulfonamides is 1. The van der Waals surface area contributed by atoms with Crippen LogP contribution in [0.5, 0.6) is 0 Å². The molecule has 0 bridgehead atoms. The molecule has 1 amide bonds. The van der Waals surface area contributed by atoms with Crippen molar-refractivity contribution >= 4 is 15.9 Å². The molecule has 0 aromatic heterocycles. The minimum atomic E-state index is -3.94. The summed E-state index contributed by atoms with van der Waals surface area (Å²) >= 11 is 0. The third-order valence-corrected chi connectivity index (χ3v) is 7.36. The molecule has 2 unspecified atom stereocenters. The topological polar surface area (TPSA) is 66.9 Å². The van der Waals surface area contributed by atoms with E-state index in [0.29, 0.717) is 32.2 Å². The molecular formula is C17H22F2N2O4S. The summed E-state index contributed by atoms with van der Waals surface area (Å²) in [6.45, 7) is 3.40. The molecule has 0 spiro atoms. The van der Waals surface area contributed by atoms with Crippen LogP contribution in [0.2, 0.25) is 0 Å². The van der Waals surface area contributed by atoms with Gasteiger partial charge in [-0.15, -0.1) is 0 Å². The molecule has 2 heterocycles. The number of fused-ring (bicyclic) bond motifs is 1. The standard InChI is InChI=1S/C17H22F2N2O4S/c1-12(22)20-8-13-9-21(6-5-17(13,10-20)11-25-2)26(23,24)14-3-4-15(18)16(19)7-14/h3-4,7,13H,5-6,8-11H2,1-2H3. The molecule has 0 saturated carbocycles. The Morgan fingerprint density at radius 1 is 1.31 bits per heavy atom. The van der Waals surface area contributed by atoms with E-state index in [1.54, 1.807) is 12.0 Å². The smallest absolute Gasteiger partial charge is 0.243 e. The Bertz CT molecular complexity index is 817. The highest BCUT2D eigenvalue weighted by atomic mass is 32.2. The number of rotatable bonds is 4. The lowest BCUT2D eigenvalue weighted by atomic mass is 9.74. The van der Waals surface area contributed by atoms with Crippen molar-refractivity contribution in [2.24, 2.45) is 11.3 Å². The molecule has 0 aliphatic carbocycles. The van der Waals surface area contributed by atoms with Gasteiger partial charge in [-0.2, -0.15) is 4.31 Å². The monoisotopic (exact) mass is 388 g/mol. The Balaban J connectivity index is 1.86. The number of ether oxygens (including phenoxy) is 1. The van der Waals surface area contributed by atoms with E-state index in [0.717, 1.165) is 12.1 Å². The maximum Gasteiger partial charge on any atom is 0.243 e. The van der Waals surface area contributed by atoms with Crippen LogP contribution in [0.15, 0.2) is 23.1 Å². The van der Waals surface area contributed by atoms with Crippen LogP contribution in [0.4, 0.5) is 8.78 Å². The van der Waals surface area contributed by atoms with Gasteiger partial charge in [0.15, 0.2) is 11.6 Å². The quantitative estimate of drug-likeness (QED) is 0.784. The summed E-state index contributed by atoms with van der Waals surface area (Å²) < 4.78 is 58.9. The Labute approximate surface area is 151 Å². The number of nitrogens with zero attached hydrogens (tertiary/aromatic N) is 2. The summed E-state index contributed by atoms with van der Waals surface area (Å²) in [4.78, 5) is 13.2. The van der Waals surface area contributed by atoms with Crippen molar-refractivity contribution in [1.29, 1.82) is 0 Å². The molecule has 6 nitrogen and oxygen atoms in total. The Hall–Kier alpha value is -1.58. The molecule has 0 N–H and O–H groups in total. The molecule has 2 saturated heterocycles. The number of hydrogen-bond acceptors (Lipinski definition) is 4. The average molecular weight is 388 g/mol. The third kappa shape index (κ3) is 3.23. The molecule has 0 radical (unpaired) electrons. The molecule has 2 atom stereocenters. The summed E-state index contributed by atoms with van der Waals surface area (Å²) in [7, 11) is -2.35. The van der Waals surface area contributed by atoms with Gasteiger partial charge in [0.1, 0.15) is 0 Å². The minimum Gasteiger partial charge on any atom is -0.384 e. The zero-order valence-corrected chi connectivity index (χ0v) is 15.6. The van der Waals surface area contributed by atoms with Crippen molar-refractivity contribution in [1.82, 2.24) is 9.21 Å². The molecule has 2 fully saturated rings. The van der Waals surface area contributed by atoms with Crippen LogP contribution in [-0.4, -0.2) is 63.4 Å². The van der Waals surface area contributed by atoms with Crippen molar-refractivity contribution in [3.05, 3.63) is 29.8 Å². The van der Waals surface area contributed by atoms with Gasteiger partial charge in [-0.1, -0.05) is 0 Å². The lowest BCUT2D eigenvalue weighted by Crippen LogP contribution is -2.50. The number of benzene rings is 1. The van der Waals surface area contributed by atoms with E-state index in [2.05, 4.69) is 0 Å². The number of methoxy groups -OCH3 is 1. The van der Waals surface area contributed by atoms with Gasteiger partial charge in [0, 0.05) is 45.6 Å². The van der Waals surface area contributed by atoms with Gasteiger partial charge in [-0.25, -0.2) is 17.2 Å². The first-order valence-corrected chi connectivity index (χ1v) is 9.83. The third-order valence-electron chi connectivity index (χ3n) is 5.50. The lowest BCUT2D eigenvalue weighted by Gasteiger charge is -2.42. The lowest BCUT2D eigenvalue weighted by molar-refractivity contribution is -0.128. The van der Waals surface area contributed by atoms with Crippen LogP contribution < -0.4 is 0 Å². The van der Waals surface area contributed by atoms with Crippen LogP contribution in [0.3, 0.4) is 0 Å². The van der Waals surface area contributed by atoms with Crippen molar-refractivity contribution < 1.29 is 26.7 Å². The second-order valence-corrected chi connectivity index (χ2v) is 9.02. The highest BCUT2D eigenvalue weighted by Gasteiger charge is 2.51. The minimum absolute atomic E-state index is 0.0510. The SMILES string of the molecule is COCC12CCN(S(=O)(=O)c3ccc(F)c(F)c3)CC1CN(C(C)=O)C2. The summed E-state index contributed by atoms with van der Waals surface area (Å²) in [5.74, 6) is -2.40. The van der Waals surface area contributed by atoms with Crippen molar-refractivity contribution in [3.63, 3.8) is 0 Å². The number of carbonyl (C=O) groups is 1. The highest BCUT2D eigenvalue weighted by molar-refractivity contribution is 7.89. The number of carbonyl (C=O) groups excluding carboxylic acids is 1. The fourth-order valence-corrected chi connectivity index (χ4v) is 5.52. The fourth-order valence-electron chi connectivity index (χ4n) is 4.02. The zero-order chi connectivity index (χ0) is 19.1. The van der Waals surface area contributed by atoms with Gasteiger partial charge in [0.05, 0.1) is 11.5 Å². The van der Waals surface area contributed by atoms with Crippen molar-refractivity contribution in [2.75, 3.05) is 39.9 Å². The first kappa shape index (κ1) is 19.2. The number of amides is 1.